The second-order valence-electron chi connectivity index (χ2n) is 5.97. The van der Waals surface area contributed by atoms with Crippen LogP contribution in [0.5, 0.6) is 5.75 Å². The molecule has 0 bridgehead atoms. The molecule has 0 aromatic heterocycles. The van der Waals surface area contributed by atoms with Crippen LogP contribution in [0.3, 0.4) is 0 Å². The number of hydrazone groups is 1. The van der Waals surface area contributed by atoms with Crippen molar-refractivity contribution in [2.45, 2.75) is 13.0 Å². The van der Waals surface area contributed by atoms with E-state index in [1.165, 1.54) is 24.3 Å². The molecule has 0 saturated carbocycles. The smallest absolute Gasteiger partial charge is 0.343 e. The Labute approximate surface area is 172 Å². The summed E-state index contributed by atoms with van der Waals surface area (Å²) in [4.78, 5) is 22.4. The van der Waals surface area contributed by atoms with Gasteiger partial charge < -0.3 is 14.8 Å². The summed E-state index contributed by atoms with van der Waals surface area (Å²) in [6.45, 7) is 2.44. The number of carbonyl (C=O) groups is 1. The summed E-state index contributed by atoms with van der Waals surface area (Å²) in [5, 5.41) is 18.2. The number of non-ortho nitro benzene ring substituents is 1. The molecule has 29 heavy (non-hydrogen) atoms. The Bertz CT molecular complexity index is 902. The molecule has 0 fully saturated rings. The van der Waals surface area contributed by atoms with Crippen LogP contribution < -0.4 is 15.5 Å². The van der Waals surface area contributed by atoms with Crippen LogP contribution in [0.2, 0.25) is 0 Å². The molecule has 9 nitrogen and oxygen atoms in total. The Hall–Kier alpha value is -3.37. The van der Waals surface area contributed by atoms with Crippen LogP contribution in [0.1, 0.15) is 22.8 Å². The van der Waals surface area contributed by atoms with E-state index in [0.717, 1.165) is 5.56 Å². The van der Waals surface area contributed by atoms with Crippen molar-refractivity contribution in [1.29, 1.82) is 0 Å². The zero-order chi connectivity index (χ0) is 21.2. The predicted molar refractivity (Wildman–Crippen MR) is 112 cm³/mol. The third kappa shape index (κ3) is 7.28. The van der Waals surface area contributed by atoms with Crippen LogP contribution in [0.4, 0.5) is 5.69 Å². The summed E-state index contributed by atoms with van der Waals surface area (Å²) < 4.78 is 10.2. The summed E-state index contributed by atoms with van der Waals surface area (Å²) in [6.07, 6.45) is 1.56. The number of carbonyl (C=O) groups excluding carboxylic acids is 1. The molecule has 0 saturated heterocycles. The molecule has 2 aromatic carbocycles. The van der Waals surface area contributed by atoms with Crippen LogP contribution in [-0.2, 0) is 4.74 Å². The lowest BCUT2D eigenvalue weighted by molar-refractivity contribution is -0.384. The molecule has 0 radical (unpaired) electrons. The van der Waals surface area contributed by atoms with Gasteiger partial charge in [0.1, 0.15) is 5.75 Å². The lowest BCUT2D eigenvalue weighted by Gasteiger charge is -2.13. The van der Waals surface area contributed by atoms with Gasteiger partial charge >= 0.3 is 5.97 Å². The maximum atomic E-state index is 12.1. The zero-order valence-electron chi connectivity index (χ0n) is 15.8. The highest BCUT2D eigenvalue weighted by Gasteiger charge is 2.13. The van der Waals surface area contributed by atoms with Crippen LogP contribution in [0.25, 0.3) is 0 Å². The molecular weight excluding hydrogens is 396 g/mol. The number of nitro groups is 1. The number of benzene rings is 2. The van der Waals surface area contributed by atoms with Crippen molar-refractivity contribution in [1.82, 2.24) is 10.7 Å². The third-order valence-electron chi connectivity index (χ3n) is 3.56. The van der Waals surface area contributed by atoms with Gasteiger partial charge in [0.15, 0.2) is 5.11 Å². The highest BCUT2D eigenvalue weighted by molar-refractivity contribution is 7.80. The maximum absolute atomic E-state index is 12.1. The van der Waals surface area contributed by atoms with Gasteiger partial charge in [-0.05, 0) is 55.0 Å². The summed E-state index contributed by atoms with van der Waals surface area (Å²) in [5.74, 6) is -0.379. The van der Waals surface area contributed by atoms with E-state index >= 15 is 0 Å². The highest BCUT2D eigenvalue weighted by Crippen LogP contribution is 2.17. The number of ether oxygens (including phenoxy) is 2. The topological polar surface area (TPSA) is 115 Å². The number of esters is 1. The van der Waals surface area contributed by atoms with Gasteiger partial charge in [-0.2, -0.15) is 5.10 Å². The molecule has 2 aromatic rings. The van der Waals surface area contributed by atoms with E-state index in [1.807, 2.05) is 6.92 Å². The number of thiocarbonyl (C=S) groups is 1. The van der Waals surface area contributed by atoms with E-state index in [4.69, 9.17) is 21.7 Å². The van der Waals surface area contributed by atoms with E-state index in [9.17, 15) is 14.9 Å². The average Bonchev–Trinajstić information content (AvgIpc) is 2.69. The zero-order valence-corrected chi connectivity index (χ0v) is 16.6. The Morgan fingerprint density at radius 1 is 1.31 bits per heavy atom. The first kappa shape index (κ1) is 21.9. The summed E-state index contributed by atoms with van der Waals surface area (Å²) in [5.41, 5.74) is 3.36. The lowest BCUT2D eigenvalue weighted by Crippen LogP contribution is -2.40. The summed E-state index contributed by atoms with van der Waals surface area (Å²) in [7, 11) is 1.61. The Kier molecular flexibility index (Phi) is 8.19. The second kappa shape index (κ2) is 10.8. The Morgan fingerprint density at radius 2 is 2.03 bits per heavy atom. The van der Waals surface area contributed by atoms with Gasteiger partial charge in [-0.1, -0.05) is 6.07 Å². The predicted octanol–water partition coefficient (Wildman–Crippen LogP) is 2.65. The molecule has 2 N–H and O–H groups in total. The highest BCUT2D eigenvalue weighted by atomic mass is 32.1. The van der Waals surface area contributed by atoms with Crippen molar-refractivity contribution < 1.29 is 19.2 Å². The number of nitrogens with zero attached hydrogens (tertiary/aromatic N) is 2. The average molecular weight is 416 g/mol. The number of hydrogen-bond acceptors (Lipinski definition) is 7. The van der Waals surface area contributed by atoms with Gasteiger partial charge in [-0.15, -0.1) is 0 Å². The first-order chi connectivity index (χ1) is 13.9. The third-order valence-corrected chi connectivity index (χ3v) is 3.77. The van der Waals surface area contributed by atoms with Crippen molar-refractivity contribution in [2.24, 2.45) is 5.10 Å². The van der Waals surface area contributed by atoms with Crippen LogP contribution in [-0.4, -0.2) is 42.0 Å². The van der Waals surface area contributed by atoms with Crippen molar-refractivity contribution in [3.8, 4) is 5.75 Å². The monoisotopic (exact) mass is 416 g/mol. The minimum absolute atomic E-state index is 0.0511. The summed E-state index contributed by atoms with van der Waals surface area (Å²) >= 11 is 5.11. The van der Waals surface area contributed by atoms with E-state index in [-0.39, 0.29) is 17.3 Å². The normalized spacial score (nSPS) is 11.7. The largest absolute Gasteiger partial charge is 0.423 e. The van der Waals surface area contributed by atoms with Gasteiger partial charge in [-0.25, -0.2) is 4.79 Å². The van der Waals surface area contributed by atoms with Gasteiger partial charge in [0.2, 0.25) is 0 Å². The fraction of sp³-hybridized carbons (Fsp3) is 0.211. The molecule has 0 amide bonds. The van der Waals surface area contributed by atoms with Crippen molar-refractivity contribution >= 4 is 35.2 Å². The molecule has 0 heterocycles. The SMILES string of the molecule is COC[C@@H](C)NC(=S)N/N=C\c1ccc(OC(=O)c2cccc([N+](=O)[O-])c2)cc1. The standard InChI is InChI=1S/C19H20N4O5S/c1-13(12-27-2)21-19(29)22-20-11-14-6-8-17(9-7-14)28-18(24)15-4-3-5-16(10-15)23(25)26/h3-11,13H,12H2,1-2H3,(H2,21,22,29)/b20-11-/t13-/m1/s1. The Balaban J connectivity index is 1.90. The first-order valence-corrected chi connectivity index (χ1v) is 8.95. The van der Waals surface area contributed by atoms with Crippen molar-refractivity contribution in [3.63, 3.8) is 0 Å². The number of hydrogen-bond donors (Lipinski definition) is 2. The van der Waals surface area contributed by atoms with Gasteiger partial charge in [-0.3, -0.25) is 15.5 Å². The lowest BCUT2D eigenvalue weighted by atomic mass is 10.2. The number of nitrogens with one attached hydrogen (secondary N) is 2. The number of rotatable bonds is 8. The second-order valence-corrected chi connectivity index (χ2v) is 6.37. The molecule has 0 aliphatic rings. The number of methoxy groups -OCH3 is 1. The van der Waals surface area contributed by atoms with Gasteiger partial charge in [0.05, 0.1) is 23.3 Å². The number of nitro benzene ring substituents is 1. The van der Waals surface area contributed by atoms with Crippen LogP contribution in [0, 0.1) is 10.1 Å². The van der Waals surface area contributed by atoms with Crippen LogP contribution >= 0.6 is 12.2 Å². The minimum atomic E-state index is -0.682. The first-order valence-electron chi connectivity index (χ1n) is 8.54. The molecule has 1 atom stereocenters. The van der Waals surface area contributed by atoms with E-state index in [2.05, 4.69) is 15.8 Å². The quantitative estimate of drug-likeness (QED) is 0.169. The minimum Gasteiger partial charge on any atom is -0.423 e. The van der Waals surface area contributed by atoms with Crippen molar-refractivity contribution in [2.75, 3.05) is 13.7 Å². The molecule has 152 valence electrons. The Morgan fingerprint density at radius 3 is 2.69 bits per heavy atom. The molecule has 0 aliphatic carbocycles. The van der Waals surface area contributed by atoms with E-state index in [0.29, 0.717) is 17.5 Å². The van der Waals surface area contributed by atoms with Crippen molar-refractivity contribution in [3.05, 3.63) is 69.8 Å². The maximum Gasteiger partial charge on any atom is 0.343 e. The summed E-state index contributed by atoms with van der Waals surface area (Å²) in [6, 6.07) is 12.0. The van der Waals surface area contributed by atoms with Gasteiger partial charge in [0.25, 0.3) is 5.69 Å². The van der Waals surface area contributed by atoms with Gasteiger partial charge in [0, 0.05) is 25.3 Å². The molecule has 0 spiro atoms. The fourth-order valence-electron chi connectivity index (χ4n) is 2.25. The van der Waals surface area contributed by atoms with Crippen LogP contribution in [0.15, 0.2) is 53.6 Å². The van der Waals surface area contributed by atoms with E-state index in [1.54, 1.807) is 37.6 Å². The van der Waals surface area contributed by atoms with E-state index < -0.39 is 10.9 Å². The molecule has 2 rings (SSSR count). The molecule has 0 aliphatic heterocycles. The fourth-order valence-corrected chi connectivity index (χ4v) is 2.50. The molecule has 10 heteroatoms. The molecular formula is C19H20N4O5S. The molecule has 0 unspecified atom stereocenters.